The van der Waals surface area contributed by atoms with Crippen LogP contribution in [0.4, 0.5) is 5.69 Å². The average molecular weight is 396 g/mol. The van der Waals surface area contributed by atoms with Crippen molar-refractivity contribution in [3.63, 3.8) is 0 Å². The third-order valence-electron chi connectivity index (χ3n) is 5.57. The molecule has 1 atom stereocenters. The summed E-state index contributed by atoms with van der Waals surface area (Å²) in [5.74, 6) is 1.37. The van der Waals surface area contributed by atoms with E-state index in [1.54, 1.807) is 13.2 Å². The van der Waals surface area contributed by atoms with Crippen LogP contribution in [-0.2, 0) is 19.7 Å². The summed E-state index contributed by atoms with van der Waals surface area (Å²) in [5.41, 5.74) is 1.28. The van der Waals surface area contributed by atoms with Crippen LogP contribution in [0.2, 0.25) is 0 Å². The van der Waals surface area contributed by atoms with Gasteiger partial charge in [0.25, 0.3) is 0 Å². The van der Waals surface area contributed by atoms with Gasteiger partial charge in [-0.2, -0.15) is 0 Å². The van der Waals surface area contributed by atoms with Crippen molar-refractivity contribution >= 4 is 17.5 Å². The molecule has 0 aromatic heterocycles. The van der Waals surface area contributed by atoms with Crippen LogP contribution in [0.25, 0.3) is 0 Å². The minimum absolute atomic E-state index is 0.0683. The minimum Gasteiger partial charge on any atom is -0.491 e. The molecule has 3 aliphatic heterocycles. The molecule has 8 nitrogen and oxygen atoms in total. The number of carbonyl (C=O) groups is 2. The zero-order valence-corrected chi connectivity index (χ0v) is 15.9. The molecule has 8 heteroatoms. The second-order valence-corrected chi connectivity index (χ2v) is 7.15. The van der Waals surface area contributed by atoms with Crippen LogP contribution in [0.5, 0.6) is 17.2 Å². The number of benzene rings is 2. The molecule has 0 saturated heterocycles. The molecule has 1 N–H and O–H groups in total. The molecule has 2 aromatic carbocycles. The summed E-state index contributed by atoms with van der Waals surface area (Å²) in [4.78, 5) is 27.6. The Bertz CT molecular complexity index is 1010. The number of ether oxygens (including phenoxy) is 4. The number of hydrogen-bond acceptors (Lipinski definition) is 6. The van der Waals surface area contributed by atoms with Gasteiger partial charge in [-0.3, -0.25) is 9.59 Å². The number of fused-ring (bicyclic) bond motifs is 5. The highest BCUT2D eigenvalue weighted by atomic mass is 16.7. The van der Waals surface area contributed by atoms with E-state index >= 15 is 0 Å². The molecule has 0 aliphatic carbocycles. The van der Waals surface area contributed by atoms with E-state index in [-0.39, 0.29) is 31.8 Å². The van der Waals surface area contributed by atoms with Gasteiger partial charge in [-0.1, -0.05) is 18.2 Å². The molecule has 3 aliphatic rings. The number of amides is 2. The molecular formula is C21H20N2O6. The van der Waals surface area contributed by atoms with Gasteiger partial charge < -0.3 is 29.2 Å². The number of nitrogens with zero attached hydrogens (tertiary/aromatic N) is 1. The van der Waals surface area contributed by atoms with Crippen LogP contribution in [0.3, 0.4) is 0 Å². The molecule has 0 saturated carbocycles. The molecule has 0 bridgehead atoms. The summed E-state index contributed by atoms with van der Waals surface area (Å²) in [6.45, 7) is 1.04. The summed E-state index contributed by atoms with van der Waals surface area (Å²) >= 11 is 0. The number of rotatable bonds is 5. The van der Waals surface area contributed by atoms with Crippen molar-refractivity contribution in [1.29, 1.82) is 0 Å². The lowest BCUT2D eigenvalue weighted by Gasteiger charge is -2.23. The molecule has 150 valence electrons. The Morgan fingerprint density at radius 2 is 1.93 bits per heavy atom. The largest absolute Gasteiger partial charge is 0.491 e. The summed E-state index contributed by atoms with van der Waals surface area (Å²) in [5, 5.41) is 2.77. The molecule has 0 radical (unpaired) electrons. The zero-order chi connectivity index (χ0) is 20.0. The van der Waals surface area contributed by atoms with Gasteiger partial charge in [0.05, 0.1) is 6.61 Å². The van der Waals surface area contributed by atoms with E-state index in [0.29, 0.717) is 36.1 Å². The summed E-state index contributed by atoms with van der Waals surface area (Å²) < 4.78 is 21.8. The summed E-state index contributed by atoms with van der Waals surface area (Å²) in [6.07, 6.45) is 0. The number of para-hydroxylation sites is 1. The van der Waals surface area contributed by atoms with Gasteiger partial charge in [0.1, 0.15) is 24.3 Å². The molecular weight excluding hydrogens is 376 g/mol. The van der Waals surface area contributed by atoms with Crippen molar-refractivity contribution in [2.24, 2.45) is 0 Å². The van der Waals surface area contributed by atoms with Crippen LogP contribution in [0.1, 0.15) is 11.1 Å². The van der Waals surface area contributed by atoms with Crippen molar-refractivity contribution < 1.29 is 28.5 Å². The van der Waals surface area contributed by atoms with Crippen molar-refractivity contribution in [2.75, 3.05) is 45.1 Å². The third kappa shape index (κ3) is 2.56. The first-order chi connectivity index (χ1) is 14.1. The quantitative estimate of drug-likeness (QED) is 0.765. The highest BCUT2D eigenvalue weighted by Gasteiger charge is 2.57. The Kier molecular flexibility index (Phi) is 4.09. The van der Waals surface area contributed by atoms with E-state index in [4.69, 9.17) is 18.9 Å². The molecule has 29 heavy (non-hydrogen) atoms. The fourth-order valence-corrected chi connectivity index (χ4v) is 4.21. The Balaban J connectivity index is 1.53. The van der Waals surface area contributed by atoms with E-state index in [9.17, 15) is 9.59 Å². The molecule has 3 heterocycles. The van der Waals surface area contributed by atoms with E-state index < -0.39 is 5.41 Å². The Labute approximate surface area is 167 Å². The van der Waals surface area contributed by atoms with Crippen molar-refractivity contribution in [3.05, 3.63) is 47.5 Å². The van der Waals surface area contributed by atoms with E-state index in [1.165, 1.54) is 4.90 Å². The van der Waals surface area contributed by atoms with Gasteiger partial charge in [0.15, 0.2) is 11.5 Å². The lowest BCUT2D eigenvalue weighted by molar-refractivity contribution is -0.125. The smallest absolute Gasteiger partial charge is 0.246 e. The second-order valence-electron chi connectivity index (χ2n) is 7.15. The zero-order valence-electron chi connectivity index (χ0n) is 15.9. The van der Waals surface area contributed by atoms with E-state index in [0.717, 1.165) is 11.1 Å². The van der Waals surface area contributed by atoms with Crippen LogP contribution in [0, 0.1) is 0 Å². The average Bonchev–Trinajstić information content (AvgIpc) is 3.40. The topological polar surface area (TPSA) is 86.3 Å². The Hall–Kier alpha value is -3.26. The van der Waals surface area contributed by atoms with Crippen LogP contribution >= 0.6 is 0 Å². The number of anilines is 1. The van der Waals surface area contributed by atoms with Crippen molar-refractivity contribution in [2.45, 2.75) is 5.41 Å². The van der Waals surface area contributed by atoms with Crippen LogP contribution in [-0.4, -0.2) is 52.0 Å². The van der Waals surface area contributed by atoms with Gasteiger partial charge in [-0.25, -0.2) is 0 Å². The highest BCUT2D eigenvalue weighted by Crippen LogP contribution is 2.54. The van der Waals surface area contributed by atoms with Crippen molar-refractivity contribution in [3.8, 4) is 17.2 Å². The Morgan fingerprint density at radius 1 is 1.14 bits per heavy atom. The predicted molar refractivity (Wildman–Crippen MR) is 103 cm³/mol. The fourth-order valence-electron chi connectivity index (χ4n) is 4.21. The SMILES string of the molecule is COCCNC(=O)CN1C(=O)C2(COc3cc4c(cc32)OCO4)c2ccccc21. The Morgan fingerprint density at radius 3 is 2.76 bits per heavy atom. The minimum atomic E-state index is -1.00. The molecule has 1 spiro atoms. The van der Waals surface area contributed by atoms with Crippen LogP contribution < -0.4 is 24.4 Å². The number of hydrogen-bond donors (Lipinski definition) is 1. The normalized spacial score (nSPS) is 20.6. The molecule has 2 amide bonds. The maximum atomic E-state index is 13.7. The standard InChI is InChI=1S/C21H20N2O6/c1-26-7-6-22-19(24)10-23-15-5-3-2-4-13(15)21(20(23)25)11-27-16-9-18-17(8-14(16)21)28-12-29-18/h2-5,8-9H,6-7,10-12H2,1H3,(H,22,24). The molecule has 0 fully saturated rings. The molecule has 2 aromatic rings. The monoisotopic (exact) mass is 396 g/mol. The lowest BCUT2D eigenvalue weighted by atomic mass is 9.77. The molecule has 5 rings (SSSR count). The predicted octanol–water partition coefficient (Wildman–Crippen LogP) is 1.20. The van der Waals surface area contributed by atoms with Crippen molar-refractivity contribution in [1.82, 2.24) is 5.32 Å². The van der Waals surface area contributed by atoms with Crippen LogP contribution in [0.15, 0.2) is 36.4 Å². The lowest BCUT2D eigenvalue weighted by Crippen LogP contribution is -2.46. The maximum Gasteiger partial charge on any atom is 0.246 e. The number of carbonyl (C=O) groups excluding carboxylic acids is 2. The van der Waals surface area contributed by atoms with Gasteiger partial charge in [0, 0.05) is 31.0 Å². The van der Waals surface area contributed by atoms with Gasteiger partial charge in [0.2, 0.25) is 18.6 Å². The molecule has 1 unspecified atom stereocenters. The maximum absolute atomic E-state index is 13.7. The van der Waals surface area contributed by atoms with Gasteiger partial charge in [-0.15, -0.1) is 0 Å². The van der Waals surface area contributed by atoms with Gasteiger partial charge >= 0.3 is 0 Å². The highest BCUT2D eigenvalue weighted by molar-refractivity contribution is 6.13. The van der Waals surface area contributed by atoms with Gasteiger partial charge in [-0.05, 0) is 17.7 Å². The first kappa shape index (κ1) is 17.8. The number of methoxy groups -OCH3 is 1. The van der Waals surface area contributed by atoms with E-state index in [2.05, 4.69) is 5.32 Å². The first-order valence-corrected chi connectivity index (χ1v) is 9.39. The fraction of sp³-hybridized carbons (Fsp3) is 0.333. The third-order valence-corrected chi connectivity index (χ3v) is 5.57. The number of nitrogens with one attached hydrogen (secondary N) is 1. The summed E-state index contributed by atoms with van der Waals surface area (Å²) in [7, 11) is 1.57. The second kappa shape index (κ2) is 6.66. The first-order valence-electron chi connectivity index (χ1n) is 9.39. The van der Waals surface area contributed by atoms with E-state index in [1.807, 2.05) is 30.3 Å². The summed E-state index contributed by atoms with van der Waals surface area (Å²) in [6, 6.07) is 11.1.